The van der Waals surface area contributed by atoms with Gasteiger partial charge in [-0.15, -0.1) is 0 Å². The van der Waals surface area contributed by atoms with Crippen molar-refractivity contribution in [2.24, 2.45) is 5.73 Å². The number of H-pyrrole nitrogens is 2. The van der Waals surface area contributed by atoms with Crippen LogP contribution in [0.3, 0.4) is 0 Å². The zero-order valence-corrected chi connectivity index (χ0v) is 16.0. The summed E-state index contributed by atoms with van der Waals surface area (Å²) in [6, 6.07) is 7.12. The predicted octanol–water partition coefficient (Wildman–Crippen LogP) is 2.04. The normalized spacial score (nSPS) is 14.1. The van der Waals surface area contributed by atoms with Crippen molar-refractivity contribution in [1.29, 1.82) is 0 Å². The number of aryl methyl sites for hydroxylation is 1. The highest BCUT2D eigenvalue weighted by atomic mass is 16.1. The Morgan fingerprint density at radius 2 is 2.00 bits per heavy atom. The molecule has 1 amide bonds. The Hall–Kier alpha value is -3.19. The van der Waals surface area contributed by atoms with E-state index in [1.807, 2.05) is 26.0 Å². The minimum absolute atomic E-state index is 0.106. The Morgan fingerprint density at radius 3 is 2.71 bits per heavy atom. The van der Waals surface area contributed by atoms with Gasteiger partial charge in [-0.2, -0.15) is 0 Å². The number of aromatic nitrogens is 3. The first-order chi connectivity index (χ1) is 13.4. The van der Waals surface area contributed by atoms with E-state index in [1.54, 1.807) is 18.3 Å². The highest BCUT2D eigenvalue weighted by Gasteiger charge is 2.21. The second kappa shape index (κ2) is 7.09. The molecule has 7 nitrogen and oxygen atoms in total. The van der Waals surface area contributed by atoms with Crippen molar-refractivity contribution in [2.75, 3.05) is 6.54 Å². The predicted molar refractivity (Wildman–Crippen MR) is 107 cm³/mol. The minimum Gasteiger partial charge on any atom is -0.366 e. The topological polar surface area (TPSA) is 108 Å². The lowest BCUT2D eigenvalue weighted by molar-refractivity contribution is 0.100. The summed E-state index contributed by atoms with van der Waals surface area (Å²) < 4.78 is 0. The molecule has 144 valence electrons. The molecule has 0 unspecified atom stereocenters. The molecule has 0 spiro atoms. The molecule has 1 aliphatic rings. The maximum Gasteiger partial charge on any atom is 0.248 e. The third kappa shape index (κ3) is 3.36. The first-order valence-electron chi connectivity index (χ1n) is 9.30. The Morgan fingerprint density at radius 1 is 1.25 bits per heavy atom. The van der Waals surface area contributed by atoms with Gasteiger partial charge >= 0.3 is 0 Å². The maximum absolute atomic E-state index is 12.2. The van der Waals surface area contributed by atoms with E-state index in [9.17, 15) is 9.59 Å². The zero-order valence-electron chi connectivity index (χ0n) is 16.0. The molecule has 1 aromatic carbocycles. The summed E-state index contributed by atoms with van der Waals surface area (Å²) in [5, 5.41) is 0. The van der Waals surface area contributed by atoms with Crippen LogP contribution in [0.1, 0.15) is 38.6 Å². The molecule has 0 saturated carbocycles. The van der Waals surface area contributed by atoms with Crippen LogP contribution in [0.4, 0.5) is 0 Å². The minimum atomic E-state index is -0.439. The molecule has 1 aliphatic heterocycles. The number of aromatic amines is 2. The second-order valence-electron chi connectivity index (χ2n) is 7.32. The molecule has 2 aromatic heterocycles. The Bertz CT molecular complexity index is 1090. The van der Waals surface area contributed by atoms with E-state index in [0.717, 1.165) is 59.1 Å². The average molecular weight is 377 g/mol. The highest BCUT2D eigenvalue weighted by Crippen LogP contribution is 2.24. The average Bonchev–Trinajstić information content (AvgIpc) is 3.12. The van der Waals surface area contributed by atoms with Gasteiger partial charge in [-0.05, 0) is 26.0 Å². The molecule has 0 radical (unpaired) electrons. The van der Waals surface area contributed by atoms with E-state index in [1.165, 1.54) is 0 Å². The molecule has 4 rings (SSSR count). The molecule has 0 bridgehead atoms. The van der Waals surface area contributed by atoms with Crippen LogP contribution in [0, 0.1) is 13.8 Å². The number of nitrogens with two attached hydrogens (primary N) is 1. The number of nitrogens with one attached hydrogen (secondary N) is 2. The summed E-state index contributed by atoms with van der Waals surface area (Å²) in [5.41, 5.74) is 11.4. The molecule has 0 aliphatic carbocycles. The fourth-order valence-electron chi connectivity index (χ4n) is 3.60. The van der Waals surface area contributed by atoms with Crippen LogP contribution in [-0.4, -0.2) is 32.3 Å². The summed E-state index contributed by atoms with van der Waals surface area (Å²) in [6.45, 7) is 6.03. The van der Waals surface area contributed by atoms with Gasteiger partial charge in [0.25, 0.3) is 0 Å². The van der Waals surface area contributed by atoms with Crippen molar-refractivity contribution in [3.05, 3.63) is 74.5 Å². The van der Waals surface area contributed by atoms with Crippen LogP contribution < -0.4 is 11.2 Å². The second-order valence-corrected chi connectivity index (χ2v) is 7.32. The Kier molecular flexibility index (Phi) is 4.60. The number of benzene rings is 1. The lowest BCUT2D eigenvalue weighted by Crippen LogP contribution is -2.31. The number of imidazole rings is 1. The van der Waals surface area contributed by atoms with E-state index < -0.39 is 5.91 Å². The molecule has 0 saturated heterocycles. The van der Waals surface area contributed by atoms with E-state index >= 15 is 0 Å². The van der Waals surface area contributed by atoms with Gasteiger partial charge in [0, 0.05) is 60.2 Å². The van der Waals surface area contributed by atoms with Crippen molar-refractivity contribution < 1.29 is 4.79 Å². The van der Waals surface area contributed by atoms with Crippen molar-refractivity contribution in [1.82, 2.24) is 19.9 Å². The van der Waals surface area contributed by atoms with Gasteiger partial charge in [0.15, 0.2) is 5.43 Å². The monoisotopic (exact) mass is 377 g/mol. The summed E-state index contributed by atoms with van der Waals surface area (Å²) in [7, 11) is 0. The number of fused-ring (bicyclic) bond motifs is 1. The summed E-state index contributed by atoms with van der Waals surface area (Å²) >= 11 is 0. The fourth-order valence-corrected chi connectivity index (χ4v) is 3.60. The van der Waals surface area contributed by atoms with Gasteiger partial charge in [-0.3, -0.25) is 14.5 Å². The van der Waals surface area contributed by atoms with Crippen LogP contribution in [0.15, 0.2) is 35.3 Å². The number of hydrogen-bond acceptors (Lipinski definition) is 4. The van der Waals surface area contributed by atoms with Crippen molar-refractivity contribution in [3.8, 4) is 11.4 Å². The first kappa shape index (κ1) is 18.2. The number of carbonyl (C=O) groups excluding carboxylic acids is 1. The third-order valence-corrected chi connectivity index (χ3v) is 5.35. The van der Waals surface area contributed by atoms with Crippen LogP contribution in [0.25, 0.3) is 11.4 Å². The molecule has 7 heteroatoms. The quantitative estimate of drug-likeness (QED) is 0.646. The van der Waals surface area contributed by atoms with Gasteiger partial charge in [-0.25, -0.2) is 4.98 Å². The Balaban J connectivity index is 1.53. The molecule has 4 N–H and O–H groups in total. The summed E-state index contributed by atoms with van der Waals surface area (Å²) in [4.78, 5) is 37.1. The number of rotatable bonds is 4. The number of hydrogen-bond donors (Lipinski definition) is 3. The number of primary amides is 1. The van der Waals surface area contributed by atoms with Gasteiger partial charge in [-0.1, -0.05) is 12.1 Å². The molecule has 0 fully saturated rings. The number of carbonyl (C=O) groups is 1. The molecule has 3 aromatic rings. The molecule has 28 heavy (non-hydrogen) atoms. The van der Waals surface area contributed by atoms with Gasteiger partial charge in [0.05, 0.1) is 11.4 Å². The number of amides is 1. The lowest BCUT2D eigenvalue weighted by atomic mass is 10.1. The van der Waals surface area contributed by atoms with Crippen molar-refractivity contribution in [2.45, 2.75) is 33.4 Å². The molecular formula is C21H23N5O2. The van der Waals surface area contributed by atoms with Gasteiger partial charge < -0.3 is 15.7 Å². The van der Waals surface area contributed by atoms with Crippen molar-refractivity contribution >= 4 is 5.91 Å². The first-order valence-corrected chi connectivity index (χ1v) is 9.30. The fraction of sp³-hybridized carbons (Fsp3) is 0.286. The van der Waals surface area contributed by atoms with E-state index in [-0.39, 0.29) is 5.43 Å². The van der Waals surface area contributed by atoms with Gasteiger partial charge in [0.2, 0.25) is 5.91 Å². The van der Waals surface area contributed by atoms with E-state index in [4.69, 9.17) is 10.7 Å². The highest BCUT2D eigenvalue weighted by molar-refractivity contribution is 5.93. The van der Waals surface area contributed by atoms with Crippen LogP contribution in [-0.2, 0) is 19.5 Å². The molecular weight excluding hydrogens is 354 g/mol. The Labute approximate surface area is 162 Å². The smallest absolute Gasteiger partial charge is 0.248 e. The van der Waals surface area contributed by atoms with Crippen LogP contribution in [0.2, 0.25) is 0 Å². The summed E-state index contributed by atoms with van der Waals surface area (Å²) in [6.07, 6.45) is 2.63. The molecule has 0 atom stereocenters. The van der Waals surface area contributed by atoms with Crippen LogP contribution in [0.5, 0.6) is 0 Å². The van der Waals surface area contributed by atoms with E-state index in [2.05, 4.69) is 14.9 Å². The van der Waals surface area contributed by atoms with E-state index in [0.29, 0.717) is 12.1 Å². The third-order valence-electron chi connectivity index (χ3n) is 5.35. The standard InChI is InChI=1S/C21H23N5O2/c1-12-9-23-17(13(2)19(12)27)10-26-8-7-16-18(11-26)25-21(24-16)15-5-3-14(4-6-15)20(22)28/h3-6,9H,7-8,10-11H2,1-2H3,(H2,22,28)(H,23,27)(H,24,25). The SMILES string of the molecule is Cc1c[nH]c(CN2CCc3nc(-c4ccc(C(N)=O)cc4)[nH]c3C2)c(C)c1=O. The van der Waals surface area contributed by atoms with Crippen molar-refractivity contribution in [3.63, 3.8) is 0 Å². The summed E-state index contributed by atoms with van der Waals surface area (Å²) in [5.74, 6) is 0.355. The zero-order chi connectivity index (χ0) is 19.8. The molecule has 3 heterocycles. The van der Waals surface area contributed by atoms with Gasteiger partial charge in [0.1, 0.15) is 5.82 Å². The number of pyridine rings is 1. The number of nitrogens with zero attached hydrogens (tertiary/aromatic N) is 2. The largest absolute Gasteiger partial charge is 0.366 e. The van der Waals surface area contributed by atoms with Crippen LogP contribution >= 0.6 is 0 Å². The lowest BCUT2D eigenvalue weighted by Gasteiger charge is -2.26. The maximum atomic E-state index is 12.2.